The van der Waals surface area contributed by atoms with E-state index in [1.165, 1.54) is 32.2 Å². The van der Waals surface area contributed by atoms with Crippen LogP contribution in [0.2, 0.25) is 0 Å². The smallest absolute Gasteiger partial charge is 0.137 e. The minimum atomic E-state index is 0.726. The first-order valence-corrected chi connectivity index (χ1v) is 7.23. The Balaban J connectivity index is 1.80. The summed E-state index contributed by atoms with van der Waals surface area (Å²) in [5, 5.41) is 0. The van der Waals surface area contributed by atoms with Gasteiger partial charge in [0, 0.05) is 30.7 Å². The fourth-order valence-electron chi connectivity index (χ4n) is 3.08. The Morgan fingerprint density at radius 2 is 2.21 bits per heavy atom. The van der Waals surface area contributed by atoms with Crippen LogP contribution in [0.4, 0.5) is 5.69 Å². The van der Waals surface area contributed by atoms with Crippen LogP contribution in [0.3, 0.4) is 0 Å². The van der Waals surface area contributed by atoms with Crippen molar-refractivity contribution >= 4 is 11.3 Å². The number of aromatic nitrogens is 2. The number of piperidine rings is 1. The molecule has 1 aliphatic heterocycles. The molecule has 2 aromatic heterocycles. The van der Waals surface area contributed by atoms with Gasteiger partial charge in [0.25, 0.3) is 0 Å². The Bertz CT molecular complexity index is 560. The third kappa shape index (κ3) is 2.59. The van der Waals surface area contributed by atoms with Gasteiger partial charge in [0.05, 0.1) is 5.69 Å². The summed E-state index contributed by atoms with van der Waals surface area (Å²) >= 11 is 0. The summed E-state index contributed by atoms with van der Waals surface area (Å²) < 4.78 is 2.02. The molecule has 102 valence electrons. The van der Waals surface area contributed by atoms with E-state index < -0.39 is 0 Å². The maximum Gasteiger partial charge on any atom is 0.137 e. The highest BCUT2D eigenvalue weighted by Crippen LogP contribution is 2.21. The highest BCUT2D eigenvalue weighted by molar-refractivity contribution is 5.48. The lowest BCUT2D eigenvalue weighted by Crippen LogP contribution is -2.38. The number of rotatable bonds is 3. The molecule has 3 rings (SSSR count). The van der Waals surface area contributed by atoms with E-state index in [0.29, 0.717) is 0 Å². The maximum atomic E-state index is 5.80. The number of likely N-dealkylation sites (tertiary alicyclic amines) is 1. The van der Waals surface area contributed by atoms with E-state index in [0.717, 1.165) is 29.6 Å². The number of hydrogen-bond acceptors (Lipinski definition) is 3. The Hall–Kier alpha value is -1.55. The average molecular weight is 258 g/mol. The minimum absolute atomic E-state index is 0.726. The van der Waals surface area contributed by atoms with Gasteiger partial charge in [-0.2, -0.15) is 0 Å². The van der Waals surface area contributed by atoms with Crippen LogP contribution in [0.5, 0.6) is 0 Å². The lowest BCUT2D eigenvalue weighted by atomic mass is 10.00. The molecule has 0 aliphatic carbocycles. The molecule has 0 spiro atoms. The first-order chi connectivity index (χ1) is 9.26. The second-order valence-electron chi connectivity index (χ2n) is 5.49. The van der Waals surface area contributed by atoms with E-state index >= 15 is 0 Å². The van der Waals surface area contributed by atoms with Crippen molar-refractivity contribution in [3.8, 4) is 0 Å². The zero-order valence-electron chi connectivity index (χ0n) is 11.5. The Kier molecular flexibility index (Phi) is 3.42. The van der Waals surface area contributed by atoms with Gasteiger partial charge in [-0.05, 0) is 37.9 Å². The summed E-state index contributed by atoms with van der Waals surface area (Å²) in [6.07, 6.45) is 9.29. The first kappa shape index (κ1) is 12.5. The van der Waals surface area contributed by atoms with Gasteiger partial charge < -0.3 is 10.1 Å². The minimum Gasteiger partial charge on any atom is -0.398 e. The molecular formula is C15H22N4. The second-order valence-corrected chi connectivity index (χ2v) is 5.49. The fourth-order valence-corrected chi connectivity index (χ4v) is 3.08. The Morgan fingerprint density at radius 1 is 1.32 bits per heavy atom. The Morgan fingerprint density at radius 3 is 3.05 bits per heavy atom. The second kappa shape index (κ2) is 5.21. The van der Waals surface area contributed by atoms with Crippen molar-refractivity contribution in [2.75, 3.05) is 12.3 Å². The summed E-state index contributed by atoms with van der Waals surface area (Å²) in [7, 11) is 0. The van der Waals surface area contributed by atoms with E-state index in [-0.39, 0.29) is 0 Å². The predicted molar refractivity (Wildman–Crippen MR) is 77.9 cm³/mol. The molecule has 1 atom stereocenters. The maximum absolute atomic E-state index is 5.80. The molecule has 0 amide bonds. The van der Waals surface area contributed by atoms with Crippen molar-refractivity contribution < 1.29 is 0 Å². The molecule has 4 heteroatoms. The van der Waals surface area contributed by atoms with Crippen molar-refractivity contribution in [2.24, 2.45) is 0 Å². The molecular weight excluding hydrogens is 236 g/mol. The molecule has 1 saturated heterocycles. The van der Waals surface area contributed by atoms with Crippen molar-refractivity contribution in [1.82, 2.24) is 14.3 Å². The number of fused-ring (bicyclic) bond motifs is 1. The lowest BCUT2D eigenvalue weighted by molar-refractivity contribution is 0.135. The highest BCUT2D eigenvalue weighted by atomic mass is 15.2. The fraction of sp³-hybridized carbons (Fsp3) is 0.533. The zero-order valence-corrected chi connectivity index (χ0v) is 11.5. The van der Waals surface area contributed by atoms with Crippen LogP contribution in [-0.2, 0) is 6.54 Å². The Labute approximate surface area is 114 Å². The standard InChI is InChI=1S/C15H22N4/c1-2-14-5-3-4-8-18(14)10-13-11-19-9-12(16)6-7-15(19)17-13/h6-7,9,11,14H,2-5,8,10,16H2,1H3. The topological polar surface area (TPSA) is 46.6 Å². The number of nitrogens with zero attached hydrogens (tertiary/aromatic N) is 3. The van der Waals surface area contributed by atoms with Crippen molar-refractivity contribution in [3.05, 3.63) is 30.2 Å². The highest BCUT2D eigenvalue weighted by Gasteiger charge is 2.21. The van der Waals surface area contributed by atoms with Crippen LogP contribution < -0.4 is 5.73 Å². The van der Waals surface area contributed by atoms with Crippen LogP contribution in [0, 0.1) is 0 Å². The van der Waals surface area contributed by atoms with Gasteiger partial charge in [-0.3, -0.25) is 4.90 Å². The SMILES string of the molecule is CCC1CCCCN1Cc1cn2cc(N)ccc2n1. The van der Waals surface area contributed by atoms with Crippen LogP contribution in [-0.4, -0.2) is 26.9 Å². The van der Waals surface area contributed by atoms with Gasteiger partial charge in [0.15, 0.2) is 0 Å². The lowest BCUT2D eigenvalue weighted by Gasteiger charge is -2.34. The largest absolute Gasteiger partial charge is 0.398 e. The average Bonchev–Trinajstić information content (AvgIpc) is 2.80. The number of hydrogen-bond donors (Lipinski definition) is 1. The molecule has 2 N–H and O–H groups in total. The van der Waals surface area contributed by atoms with Gasteiger partial charge in [-0.15, -0.1) is 0 Å². The van der Waals surface area contributed by atoms with Gasteiger partial charge in [0.1, 0.15) is 5.65 Å². The molecule has 1 fully saturated rings. The van der Waals surface area contributed by atoms with E-state index in [9.17, 15) is 0 Å². The van der Waals surface area contributed by atoms with Gasteiger partial charge >= 0.3 is 0 Å². The van der Waals surface area contributed by atoms with E-state index in [1.807, 2.05) is 22.7 Å². The van der Waals surface area contributed by atoms with E-state index in [4.69, 9.17) is 5.73 Å². The van der Waals surface area contributed by atoms with Crippen molar-refractivity contribution in [3.63, 3.8) is 0 Å². The molecule has 1 aliphatic rings. The molecule has 0 radical (unpaired) electrons. The third-order valence-corrected chi connectivity index (χ3v) is 4.11. The molecule has 0 bridgehead atoms. The molecule has 0 aromatic carbocycles. The number of pyridine rings is 1. The summed E-state index contributed by atoms with van der Waals surface area (Å²) in [5.41, 5.74) is 8.71. The van der Waals surface area contributed by atoms with Gasteiger partial charge in [0.2, 0.25) is 0 Å². The zero-order chi connectivity index (χ0) is 13.2. The molecule has 19 heavy (non-hydrogen) atoms. The van der Waals surface area contributed by atoms with Crippen LogP contribution in [0.25, 0.3) is 5.65 Å². The van der Waals surface area contributed by atoms with Gasteiger partial charge in [-0.25, -0.2) is 4.98 Å². The van der Waals surface area contributed by atoms with Crippen molar-refractivity contribution in [1.29, 1.82) is 0 Å². The van der Waals surface area contributed by atoms with Crippen molar-refractivity contribution in [2.45, 2.75) is 45.2 Å². The third-order valence-electron chi connectivity index (χ3n) is 4.11. The van der Waals surface area contributed by atoms with Gasteiger partial charge in [-0.1, -0.05) is 13.3 Å². The monoisotopic (exact) mass is 258 g/mol. The van der Waals surface area contributed by atoms with E-state index in [1.54, 1.807) is 0 Å². The summed E-state index contributed by atoms with van der Waals surface area (Å²) in [6.45, 7) is 4.45. The quantitative estimate of drug-likeness (QED) is 0.920. The van der Waals surface area contributed by atoms with Crippen LogP contribution in [0.1, 0.15) is 38.3 Å². The predicted octanol–water partition coefficient (Wildman–Crippen LogP) is 2.68. The molecule has 1 unspecified atom stereocenters. The van der Waals surface area contributed by atoms with Crippen LogP contribution in [0.15, 0.2) is 24.5 Å². The van der Waals surface area contributed by atoms with Crippen LogP contribution >= 0.6 is 0 Å². The summed E-state index contributed by atoms with van der Waals surface area (Å²) in [5.74, 6) is 0. The number of anilines is 1. The first-order valence-electron chi connectivity index (χ1n) is 7.23. The molecule has 2 aromatic rings. The molecule has 0 saturated carbocycles. The molecule has 3 heterocycles. The number of nitrogens with two attached hydrogens (primary N) is 1. The number of imidazole rings is 1. The number of nitrogen functional groups attached to an aromatic ring is 1. The summed E-state index contributed by atoms with van der Waals surface area (Å²) in [6, 6.07) is 4.61. The summed E-state index contributed by atoms with van der Waals surface area (Å²) in [4.78, 5) is 7.26. The van der Waals surface area contributed by atoms with E-state index in [2.05, 4.69) is 23.0 Å². The normalized spacial score (nSPS) is 21.0. The molecule has 4 nitrogen and oxygen atoms in total.